The Morgan fingerprint density at radius 1 is 1.12 bits per heavy atom. The number of carbonyl (C=O) groups excluding carboxylic acids is 1. The predicted molar refractivity (Wildman–Crippen MR) is 123 cm³/mol. The fourth-order valence-electron chi connectivity index (χ4n) is 3.25. The van der Waals surface area contributed by atoms with Crippen molar-refractivity contribution in [3.05, 3.63) is 78.1 Å². The van der Waals surface area contributed by atoms with Crippen LogP contribution in [-0.4, -0.2) is 30.1 Å². The molecule has 8 nitrogen and oxygen atoms in total. The summed E-state index contributed by atoms with van der Waals surface area (Å²) >= 11 is 0. The molecule has 0 spiro atoms. The van der Waals surface area contributed by atoms with Gasteiger partial charge < -0.3 is 15.1 Å². The monoisotopic (exact) mass is 454 g/mol. The first-order chi connectivity index (χ1) is 15.4. The van der Waals surface area contributed by atoms with Crippen LogP contribution in [0.2, 0.25) is 0 Å². The molecule has 0 saturated heterocycles. The summed E-state index contributed by atoms with van der Waals surface area (Å²) in [7, 11) is -3.86. The van der Waals surface area contributed by atoms with Crippen LogP contribution in [0.5, 0.6) is 5.75 Å². The summed E-state index contributed by atoms with van der Waals surface area (Å²) in [6, 6.07) is 15.5. The summed E-state index contributed by atoms with van der Waals surface area (Å²) in [5.41, 5.74) is 1.88. The van der Waals surface area contributed by atoms with E-state index in [0.717, 1.165) is 12.0 Å². The van der Waals surface area contributed by atoms with Crippen molar-refractivity contribution in [3.63, 3.8) is 0 Å². The molecule has 0 bridgehead atoms. The van der Waals surface area contributed by atoms with Gasteiger partial charge >= 0.3 is 5.97 Å². The van der Waals surface area contributed by atoms with Gasteiger partial charge in [-0.3, -0.25) is 9.52 Å². The minimum absolute atomic E-state index is 0.0398. The van der Waals surface area contributed by atoms with Crippen molar-refractivity contribution < 1.29 is 17.9 Å². The van der Waals surface area contributed by atoms with E-state index >= 15 is 0 Å². The number of anilines is 1. The van der Waals surface area contributed by atoms with Gasteiger partial charge in [0.1, 0.15) is 11.0 Å². The number of imidazole rings is 1. The quantitative estimate of drug-likeness (QED) is 0.224. The van der Waals surface area contributed by atoms with Gasteiger partial charge in [-0.05, 0) is 48.2 Å². The predicted octanol–water partition coefficient (Wildman–Crippen LogP) is 4.45. The SMILES string of the molecule is CCCC(=N)c1ccc(OC(=O)CCC(c2ccccc2)S(=O)(=O)Nc2ncc[nH]2)cc1. The van der Waals surface area contributed by atoms with Gasteiger partial charge in [0.05, 0.1) is 0 Å². The Hall–Kier alpha value is -3.46. The summed E-state index contributed by atoms with van der Waals surface area (Å²) in [4.78, 5) is 19.0. The van der Waals surface area contributed by atoms with Gasteiger partial charge in [-0.25, -0.2) is 13.4 Å². The van der Waals surface area contributed by atoms with Crippen molar-refractivity contribution in [3.8, 4) is 5.75 Å². The molecule has 0 amide bonds. The first kappa shape index (κ1) is 23.2. The van der Waals surface area contributed by atoms with Crippen molar-refractivity contribution in [2.75, 3.05) is 4.72 Å². The fraction of sp³-hybridized carbons (Fsp3) is 0.261. The lowest BCUT2D eigenvalue weighted by Gasteiger charge is -2.18. The smallest absolute Gasteiger partial charge is 0.311 e. The zero-order chi connectivity index (χ0) is 23.0. The van der Waals surface area contributed by atoms with Crippen molar-refractivity contribution in [1.82, 2.24) is 9.97 Å². The highest BCUT2D eigenvalue weighted by atomic mass is 32.2. The first-order valence-electron chi connectivity index (χ1n) is 10.3. The third-order valence-electron chi connectivity index (χ3n) is 4.83. The maximum atomic E-state index is 13.0. The Morgan fingerprint density at radius 2 is 1.84 bits per heavy atom. The van der Waals surface area contributed by atoms with Crippen LogP contribution in [0.25, 0.3) is 0 Å². The molecular formula is C23H26N4O4S. The normalized spacial score (nSPS) is 12.2. The van der Waals surface area contributed by atoms with Crippen molar-refractivity contribution in [2.45, 2.75) is 37.9 Å². The molecule has 1 atom stereocenters. The molecule has 0 aliphatic carbocycles. The van der Waals surface area contributed by atoms with Gasteiger partial charge in [-0.2, -0.15) is 0 Å². The first-order valence-corrected chi connectivity index (χ1v) is 11.9. The number of benzene rings is 2. The zero-order valence-electron chi connectivity index (χ0n) is 17.7. The number of aromatic amines is 1. The number of sulfonamides is 1. The molecule has 0 aliphatic rings. The van der Waals surface area contributed by atoms with E-state index in [4.69, 9.17) is 10.1 Å². The Bertz CT molecular complexity index is 1130. The number of esters is 1. The van der Waals surface area contributed by atoms with Gasteiger partial charge in [0.25, 0.3) is 0 Å². The lowest BCUT2D eigenvalue weighted by molar-refractivity contribution is -0.134. The lowest BCUT2D eigenvalue weighted by Crippen LogP contribution is -2.23. The molecule has 2 aromatic carbocycles. The number of nitrogens with one attached hydrogen (secondary N) is 3. The highest BCUT2D eigenvalue weighted by Gasteiger charge is 2.29. The number of hydrogen-bond donors (Lipinski definition) is 3. The van der Waals surface area contributed by atoms with Crippen molar-refractivity contribution in [1.29, 1.82) is 5.41 Å². The lowest BCUT2D eigenvalue weighted by atomic mass is 10.1. The van der Waals surface area contributed by atoms with E-state index in [9.17, 15) is 13.2 Å². The minimum Gasteiger partial charge on any atom is -0.427 e. The molecule has 0 fully saturated rings. The number of H-pyrrole nitrogens is 1. The minimum atomic E-state index is -3.86. The molecule has 3 N–H and O–H groups in total. The molecule has 1 aromatic heterocycles. The van der Waals surface area contributed by atoms with E-state index in [1.54, 1.807) is 54.6 Å². The van der Waals surface area contributed by atoms with Crippen LogP contribution in [0.3, 0.4) is 0 Å². The number of hydrogen-bond acceptors (Lipinski definition) is 6. The maximum absolute atomic E-state index is 13.0. The average molecular weight is 455 g/mol. The van der Waals surface area contributed by atoms with Crippen LogP contribution in [-0.2, 0) is 14.8 Å². The summed E-state index contributed by atoms with van der Waals surface area (Å²) < 4.78 is 33.8. The molecule has 1 unspecified atom stereocenters. The third kappa shape index (κ3) is 6.27. The van der Waals surface area contributed by atoms with Gasteiger partial charge in [0.15, 0.2) is 0 Å². The second kappa shape index (κ2) is 10.7. The molecular weight excluding hydrogens is 428 g/mol. The van der Waals surface area contributed by atoms with E-state index in [-0.39, 0.29) is 18.8 Å². The fourth-order valence-corrected chi connectivity index (χ4v) is 4.71. The number of aromatic nitrogens is 2. The Kier molecular flexibility index (Phi) is 7.77. The number of ether oxygens (including phenoxy) is 1. The van der Waals surface area contributed by atoms with E-state index in [0.29, 0.717) is 23.4 Å². The van der Waals surface area contributed by atoms with Crippen molar-refractivity contribution in [2.24, 2.45) is 0 Å². The largest absolute Gasteiger partial charge is 0.427 e. The van der Waals surface area contributed by atoms with Gasteiger partial charge in [0.2, 0.25) is 16.0 Å². The number of carbonyl (C=O) groups is 1. The Labute approximate surface area is 187 Å². The molecule has 0 aliphatic heterocycles. The van der Waals surface area contributed by atoms with Crippen LogP contribution in [0.1, 0.15) is 49.0 Å². The second-order valence-corrected chi connectivity index (χ2v) is 9.11. The number of nitrogens with zero attached hydrogens (tertiary/aromatic N) is 1. The topological polar surface area (TPSA) is 125 Å². The van der Waals surface area contributed by atoms with Crippen LogP contribution in [0, 0.1) is 5.41 Å². The van der Waals surface area contributed by atoms with E-state index < -0.39 is 21.2 Å². The number of rotatable bonds is 11. The van der Waals surface area contributed by atoms with Crippen molar-refractivity contribution >= 4 is 27.7 Å². The molecule has 168 valence electrons. The molecule has 3 rings (SSSR count). The van der Waals surface area contributed by atoms with E-state index in [1.807, 2.05) is 6.92 Å². The molecule has 0 radical (unpaired) electrons. The summed E-state index contributed by atoms with van der Waals surface area (Å²) in [5, 5.41) is 7.03. The second-order valence-electron chi connectivity index (χ2n) is 7.25. The van der Waals surface area contributed by atoms with Gasteiger partial charge in [0, 0.05) is 24.5 Å². The Balaban J connectivity index is 1.66. The van der Waals surface area contributed by atoms with Crippen LogP contribution < -0.4 is 9.46 Å². The summed E-state index contributed by atoms with van der Waals surface area (Å²) in [5.74, 6) is -0.0615. The van der Waals surface area contributed by atoms with E-state index in [1.165, 1.54) is 12.4 Å². The standard InChI is InChI=1S/C23H26N4O4S/c1-2-6-20(24)17-9-11-19(12-10-17)31-22(28)14-13-21(18-7-4-3-5-8-18)32(29,30)27-23-25-15-16-26-23/h3-5,7-12,15-16,21,24H,2,6,13-14H2,1H3,(H2,25,26,27). The molecule has 9 heteroatoms. The summed E-state index contributed by atoms with van der Waals surface area (Å²) in [6.45, 7) is 2.01. The van der Waals surface area contributed by atoms with Crippen LogP contribution in [0.15, 0.2) is 67.0 Å². The average Bonchev–Trinajstić information content (AvgIpc) is 3.27. The molecule has 32 heavy (non-hydrogen) atoms. The van der Waals surface area contributed by atoms with Gasteiger partial charge in [-0.15, -0.1) is 0 Å². The molecule has 1 heterocycles. The third-order valence-corrected chi connectivity index (χ3v) is 6.56. The highest BCUT2D eigenvalue weighted by molar-refractivity contribution is 7.92. The molecule has 0 saturated carbocycles. The zero-order valence-corrected chi connectivity index (χ0v) is 18.6. The Morgan fingerprint density at radius 3 is 2.47 bits per heavy atom. The molecule has 3 aromatic rings. The van der Waals surface area contributed by atoms with Crippen LogP contribution in [0.4, 0.5) is 5.95 Å². The maximum Gasteiger partial charge on any atom is 0.311 e. The van der Waals surface area contributed by atoms with Gasteiger partial charge in [-0.1, -0.05) is 43.7 Å². The highest BCUT2D eigenvalue weighted by Crippen LogP contribution is 2.29. The summed E-state index contributed by atoms with van der Waals surface area (Å²) in [6.07, 6.45) is 4.48. The van der Waals surface area contributed by atoms with Crippen LogP contribution >= 0.6 is 0 Å². The van der Waals surface area contributed by atoms with E-state index in [2.05, 4.69) is 14.7 Å².